The van der Waals surface area contributed by atoms with Crippen LogP contribution in [-0.2, 0) is 0 Å². The number of benzene rings is 2. The quantitative estimate of drug-likeness (QED) is 0.693. The van der Waals surface area contributed by atoms with Crippen molar-refractivity contribution in [2.45, 2.75) is 0 Å². The number of hydrogen-bond donors (Lipinski definition) is 0. The fourth-order valence-electron chi connectivity index (χ4n) is 1.45. The molecule has 0 nitrogen and oxygen atoms in total. The second-order valence-corrected chi connectivity index (χ2v) is 3.21. The summed E-state index contributed by atoms with van der Waals surface area (Å²) in [6, 6.07) is 20.5. The first-order valence-corrected chi connectivity index (χ1v) is 4.67. The van der Waals surface area contributed by atoms with Gasteiger partial charge in [-0.3, -0.25) is 0 Å². The van der Waals surface area contributed by atoms with E-state index in [0.29, 0.717) is 0 Å². The van der Waals surface area contributed by atoms with E-state index in [1.807, 2.05) is 36.4 Å². The third kappa shape index (κ3) is 4.21. The minimum absolute atomic E-state index is 0. The Morgan fingerprint density at radius 3 is 1.25 bits per heavy atom. The van der Waals surface area contributed by atoms with Gasteiger partial charge >= 0.3 is 59.1 Å². The molecule has 72 valence electrons. The molecule has 0 aromatic heterocycles. The fraction of sp³-hybridized carbons (Fsp3) is 0. The van der Waals surface area contributed by atoms with Gasteiger partial charge in [0, 0.05) is 0 Å². The zero-order chi connectivity index (χ0) is 9.80. The summed E-state index contributed by atoms with van der Waals surface area (Å²) in [6.07, 6.45) is 0. The van der Waals surface area contributed by atoms with E-state index in [2.05, 4.69) is 30.8 Å². The predicted octanol–water partition coefficient (Wildman–Crippen LogP) is 2.45. The van der Waals surface area contributed by atoms with Crippen molar-refractivity contribution in [3.05, 3.63) is 78.4 Å². The van der Waals surface area contributed by atoms with Crippen LogP contribution < -0.4 is 0 Å². The first-order valence-electron chi connectivity index (χ1n) is 4.67. The standard InChI is InChI=1S/C14H12.2Na.2H/c1-12(13-8-4-2-5-9-13)14-10-6-3-7-11-14;;;;/h2-11H,1H2;;;;. The van der Waals surface area contributed by atoms with E-state index in [1.165, 1.54) is 11.1 Å². The van der Waals surface area contributed by atoms with Crippen molar-refractivity contribution >= 4 is 64.7 Å². The molecule has 0 aliphatic rings. The summed E-state index contributed by atoms with van der Waals surface area (Å²) in [7, 11) is 0. The van der Waals surface area contributed by atoms with Crippen molar-refractivity contribution in [1.29, 1.82) is 0 Å². The molecular formula is C14H14Na2. The van der Waals surface area contributed by atoms with Gasteiger partial charge in [0.15, 0.2) is 0 Å². The number of rotatable bonds is 2. The Bertz CT molecular complexity index is 380. The Morgan fingerprint density at radius 2 is 0.938 bits per heavy atom. The molecule has 16 heavy (non-hydrogen) atoms. The average Bonchev–Trinajstić information content (AvgIpc) is 2.30. The second kappa shape index (κ2) is 8.30. The van der Waals surface area contributed by atoms with Crippen LogP contribution in [-0.4, -0.2) is 59.1 Å². The topological polar surface area (TPSA) is 0 Å². The van der Waals surface area contributed by atoms with Crippen LogP contribution in [0.5, 0.6) is 0 Å². The van der Waals surface area contributed by atoms with Crippen LogP contribution >= 0.6 is 0 Å². The van der Waals surface area contributed by atoms with E-state index in [0.717, 1.165) is 5.57 Å². The molecule has 0 saturated carbocycles. The van der Waals surface area contributed by atoms with Crippen molar-refractivity contribution in [2.24, 2.45) is 0 Å². The van der Waals surface area contributed by atoms with Crippen LogP contribution in [0, 0.1) is 0 Å². The van der Waals surface area contributed by atoms with E-state index in [4.69, 9.17) is 0 Å². The maximum absolute atomic E-state index is 4.10. The molecule has 0 unspecified atom stereocenters. The molecule has 0 bridgehead atoms. The zero-order valence-electron chi connectivity index (χ0n) is 7.98. The summed E-state index contributed by atoms with van der Waals surface area (Å²) in [5.41, 5.74) is 3.43. The molecule has 2 heteroatoms. The van der Waals surface area contributed by atoms with E-state index < -0.39 is 0 Å². The molecule has 0 fully saturated rings. The molecule has 2 aromatic rings. The molecule has 0 radical (unpaired) electrons. The molecule has 0 amide bonds. The van der Waals surface area contributed by atoms with Gasteiger partial charge in [0.2, 0.25) is 0 Å². The van der Waals surface area contributed by atoms with Crippen LogP contribution in [0.4, 0.5) is 0 Å². The molecule has 2 aromatic carbocycles. The third-order valence-electron chi connectivity index (χ3n) is 2.24. The van der Waals surface area contributed by atoms with Gasteiger partial charge in [0.05, 0.1) is 0 Å². The Morgan fingerprint density at radius 1 is 0.625 bits per heavy atom. The molecule has 0 saturated heterocycles. The van der Waals surface area contributed by atoms with Gasteiger partial charge in [-0.1, -0.05) is 67.2 Å². The van der Waals surface area contributed by atoms with E-state index in [-0.39, 0.29) is 59.1 Å². The molecule has 2 rings (SSSR count). The van der Waals surface area contributed by atoms with Gasteiger partial charge in [-0.15, -0.1) is 0 Å². The fourth-order valence-corrected chi connectivity index (χ4v) is 1.45. The van der Waals surface area contributed by atoms with Crippen LogP contribution in [0.1, 0.15) is 11.1 Å². The van der Waals surface area contributed by atoms with Gasteiger partial charge < -0.3 is 0 Å². The Kier molecular flexibility index (Phi) is 8.39. The van der Waals surface area contributed by atoms with Crippen LogP contribution in [0.15, 0.2) is 67.2 Å². The van der Waals surface area contributed by atoms with E-state index >= 15 is 0 Å². The monoisotopic (exact) mass is 228 g/mol. The molecule has 0 atom stereocenters. The molecule has 0 aliphatic heterocycles. The zero-order valence-corrected chi connectivity index (χ0v) is 7.98. The van der Waals surface area contributed by atoms with E-state index in [1.54, 1.807) is 0 Å². The van der Waals surface area contributed by atoms with Gasteiger partial charge in [-0.05, 0) is 16.7 Å². The van der Waals surface area contributed by atoms with Gasteiger partial charge in [-0.25, -0.2) is 0 Å². The average molecular weight is 228 g/mol. The van der Waals surface area contributed by atoms with Crippen molar-refractivity contribution in [3.63, 3.8) is 0 Å². The van der Waals surface area contributed by atoms with Gasteiger partial charge in [-0.2, -0.15) is 0 Å². The van der Waals surface area contributed by atoms with Crippen LogP contribution in [0.25, 0.3) is 5.57 Å². The first kappa shape index (κ1) is 16.2. The van der Waals surface area contributed by atoms with Crippen molar-refractivity contribution < 1.29 is 0 Å². The summed E-state index contributed by atoms with van der Waals surface area (Å²) in [5, 5.41) is 0. The van der Waals surface area contributed by atoms with Gasteiger partial charge in [0.25, 0.3) is 0 Å². The summed E-state index contributed by atoms with van der Waals surface area (Å²) in [4.78, 5) is 0. The summed E-state index contributed by atoms with van der Waals surface area (Å²) in [6.45, 7) is 4.10. The van der Waals surface area contributed by atoms with Crippen LogP contribution in [0.2, 0.25) is 0 Å². The van der Waals surface area contributed by atoms with Gasteiger partial charge in [0.1, 0.15) is 0 Å². The van der Waals surface area contributed by atoms with Crippen molar-refractivity contribution in [2.75, 3.05) is 0 Å². The predicted molar refractivity (Wildman–Crippen MR) is 75.3 cm³/mol. The third-order valence-corrected chi connectivity index (χ3v) is 2.24. The molecule has 0 spiro atoms. The second-order valence-electron chi connectivity index (χ2n) is 3.21. The molecule has 0 heterocycles. The van der Waals surface area contributed by atoms with Crippen LogP contribution in [0.3, 0.4) is 0 Å². The van der Waals surface area contributed by atoms with Crippen molar-refractivity contribution in [1.82, 2.24) is 0 Å². The van der Waals surface area contributed by atoms with Crippen molar-refractivity contribution in [3.8, 4) is 0 Å². The Hall–Kier alpha value is 0.180. The summed E-state index contributed by atoms with van der Waals surface area (Å²) >= 11 is 0. The number of hydrogen-bond acceptors (Lipinski definition) is 0. The minimum atomic E-state index is 0. The summed E-state index contributed by atoms with van der Waals surface area (Å²) in [5.74, 6) is 0. The molecular weight excluding hydrogens is 214 g/mol. The molecule has 0 aliphatic carbocycles. The Labute approximate surface area is 141 Å². The maximum atomic E-state index is 4.10. The SMILES string of the molecule is C=C(c1ccccc1)c1ccccc1.[NaH].[NaH]. The van der Waals surface area contributed by atoms with E-state index in [9.17, 15) is 0 Å². The Balaban J connectivity index is 0.00000112. The molecule has 0 N–H and O–H groups in total. The normalized spacial score (nSPS) is 8.50. The summed E-state index contributed by atoms with van der Waals surface area (Å²) < 4.78 is 0. The first-order chi connectivity index (χ1) is 6.88.